The van der Waals surface area contributed by atoms with E-state index in [0.29, 0.717) is 11.7 Å². The van der Waals surface area contributed by atoms with Crippen LogP contribution >= 0.6 is 0 Å². The third-order valence-corrected chi connectivity index (χ3v) is 2.37. The molecule has 1 rings (SSSR count). The van der Waals surface area contributed by atoms with E-state index >= 15 is 0 Å². The van der Waals surface area contributed by atoms with Gasteiger partial charge in [0.2, 0.25) is 0 Å². The van der Waals surface area contributed by atoms with Gasteiger partial charge >= 0.3 is 0 Å². The Hall–Kier alpha value is -1.49. The fraction of sp³-hybridized carbons (Fsp3) is 0.417. The van der Waals surface area contributed by atoms with E-state index in [1.165, 1.54) is 12.0 Å². The van der Waals surface area contributed by atoms with Gasteiger partial charge in [-0.05, 0) is 30.0 Å². The summed E-state index contributed by atoms with van der Waals surface area (Å²) in [6.07, 6.45) is 3.93. The Kier molecular flexibility index (Phi) is 4.00. The Morgan fingerprint density at radius 3 is 2.50 bits per heavy atom. The molecule has 0 aliphatic heterocycles. The van der Waals surface area contributed by atoms with Crippen molar-refractivity contribution in [2.75, 3.05) is 0 Å². The number of ether oxygens (including phenoxy) is 1. The van der Waals surface area contributed by atoms with Crippen LogP contribution in [0.4, 0.5) is 0 Å². The number of rotatable bonds is 4. The minimum Gasteiger partial charge on any atom is -0.388 e. The Balaban J connectivity index is 2.60. The molecular formula is C12H15NO. The second-order valence-electron chi connectivity index (χ2n) is 3.55. The van der Waals surface area contributed by atoms with Crippen LogP contribution in [-0.4, -0.2) is 0 Å². The fourth-order valence-corrected chi connectivity index (χ4v) is 1.29. The highest BCUT2D eigenvalue weighted by atomic mass is 16.5. The Bertz CT molecular complexity index is 310. The summed E-state index contributed by atoms with van der Waals surface area (Å²) in [4.78, 5) is 0. The summed E-state index contributed by atoms with van der Waals surface area (Å²) in [6, 6.07) is 7.69. The first kappa shape index (κ1) is 10.6. The molecule has 14 heavy (non-hydrogen) atoms. The van der Waals surface area contributed by atoms with E-state index in [1.807, 2.05) is 24.3 Å². The van der Waals surface area contributed by atoms with Gasteiger partial charge in [-0.2, -0.15) is 0 Å². The maximum atomic E-state index is 8.30. The molecule has 0 aliphatic carbocycles. The summed E-state index contributed by atoms with van der Waals surface area (Å²) in [5, 5.41) is 8.30. The Morgan fingerprint density at radius 2 is 2.00 bits per heavy atom. The summed E-state index contributed by atoms with van der Waals surface area (Å²) >= 11 is 0. The first-order valence-electron chi connectivity index (χ1n) is 4.91. The molecule has 0 saturated carbocycles. The van der Waals surface area contributed by atoms with Crippen LogP contribution in [0.3, 0.4) is 0 Å². The highest BCUT2D eigenvalue weighted by molar-refractivity contribution is 5.28. The van der Waals surface area contributed by atoms with Crippen LogP contribution in [-0.2, 0) is 6.42 Å². The minimum atomic E-state index is 0.611. The third kappa shape index (κ3) is 3.10. The molecule has 0 bridgehead atoms. The molecule has 1 unspecified atom stereocenters. The molecule has 0 amide bonds. The lowest BCUT2D eigenvalue weighted by molar-refractivity contribution is 0.506. The SMILES string of the molecule is CCC(C)Cc1ccc(OC#N)cc1. The van der Waals surface area contributed by atoms with E-state index in [0.717, 1.165) is 6.42 Å². The standard InChI is InChI=1S/C12H15NO/c1-3-10(2)8-11-4-6-12(7-5-11)14-9-13/h4-7,10H,3,8H2,1-2H3. The normalized spacial score (nSPS) is 11.8. The third-order valence-electron chi connectivity index (χ3n) is 2.37. The van der Waals surface area contributed by atoms with E-state index < -0.39 is 0 Å². The average molecular weight is 189 g/mol. The molecule has 0 aromatic heterocycles. The van der Waals surface area contributed by atoms with E-state index in [9.17, 15) is 0 Å². The van der Waals surface area contributed by atoms with Crippen molar-refractivity contribution in [1.29, 1.82) is 5.26 Å². The van der Waals surface area contributed by atoms with Crippen molar-refractivity contribution >= 4 is 0 Å². The van der Waals surface area contributed by atoms with Crippen LogP contribution in [0.25, 0.3) is 0 Å². The lowest BCUT2D eigenvalue weighted by Crippen LogP contribution is -1.97. The summed E-state index contributed by atoms with van der Waals surface area (Å²) < 4.78 is 4.70. The fourth-order valence-electron chi connectivity index (χ4n) is 1.29. The number of nitrogens with zero attached hydrogens (tertiary/aromatic N) is 1. The number of hydrogen-bond acceptors (Lipinski definition) is 2. The van der Waals surface area contributed by atoms with Crippen LogP contribution in [0.5, 0.6) is 5.75 Å². The van der Waals surface area contributed by atoms with Gasteiger partial charge in [0.1, 0.15) is 5.75 Å². The van der Waals surface area contributed by atoms with E-state index in [4.69, 9.17) is 10.00 Å². The predicted octanol–water partition coefficient (Wildman–Crippen LogP) is 3.14. The van der Waals surface area contributed by atoms with Crippen LogP contribution in [0.1, 0.15) is 25.8 Å². The molecule has 1 atom stereocenters. The lowest BCUT2D eigenvalue weighted by atomic mass is 9.99. The monoisotopic (exact) mass is 189 g/mol. The molecule has 0 aliphatic rings. The van der Waals surface area contributed by atoms with Crippen molar-refractivity contribution < 1.29 is 4.74 Å². The Labute approximate surface area is 85.1 Å². The van der Waals surface area contributed by atoms with Gasteiger partial charge in [0.25, 0.3) is 6.26 Å². The van der Waals surface area contributed by atoms with E-state index in [2.05, 4.69) is 13.8 Å². The van der Waals surface area contributed by atoms with Crippen molar-refractivity contribution in [2.24, 2.45) is 5.92 Å². The van der Waals surface area contributed by atoms with Gasteiger partial charge in [-0.3, -0.25) is 0 Å². The van der Waals surface area contributed by atoms with Gasteiger partial charge in [-0.1, -0.05) is 32.4 Å². The van der Waals surface area contributed by atoms with Crippen LogP contribution in [0, 0.1) is 17.4 Å². The van der Waals surface area contributed by atoms with Gasteiger partial charge < -0.3 is 4.74 Å². The molecule has 0 heterocycles. The smallest absolute Gasteiger partial charge is 0.292 e. The minimum absolute atomic E-state index is 0.611. The van der Waals surface area contributed by atoms with Crippen molar-refractivity contribution in [3.63, 3.8) is 0 Å². The highest BCUT2D eigenvalue weighted by Gasteiger charge is 2.01. The molecule has 74 valence electrons. The Morgan fingerprint density at radius 1 is 1.36 bits per heavy atom. The summed E-state index contributed by atoms with van der Waals surface area (Å²) in [6.45, 7) is 4.43. The maximum absolute atomic E-state index is 8.30. The van der Waals surface area contributed by atoms with Gasteiger partial charge in [0.15, 0.2) is 0 Å². The molecule has 0 N–H and O–H groups in total. The summed E-state index contributed by atoms with van der Waals surface area (Å²) in [5.41, 5.74) is 1.30. The molecule has 0 radical (unpaired) electrons. The van der Waals surface area contributed by atoms with Crippen molar-refractivity contribution in [3.05, 3.63) is 29.8 Å². The van der Waals surface area contributed by atoms with Gasteiger partial charge in [0.05, 0.1) is 0 Å². The van der Waals surface area contributed by atoms with Crippen molar-refractivity contribution in [1.82, 2.24) is 0 Å². The van der Waals surface area contributed by atoms with Gasteiger partial charge in [-0.15, -0.1) is 5.26 Å². The topological polar surface area (TPSA) is 33.0 Å². The van der Waals surface area contributed by atoms with Crippen molar-refractivity contribution in [3.8, 4) is 12.0 Å². The zero-order valence-electron chi connectivity index (χ0n) is 8.66. The van der Waals surface area contributed by atoms with Gasteiger partial charge in [-0.25, -0.2) is 0 Å². The first-order valence-corrected chi connectivity index (χ1v) is 4.91. The van der Waals surface area contributed by atoms with Crippen LogP contribution < -0.4 is 4.74 Å². The summed E-state index contributed by atoms with van der Waals surface area (Å²) in [5.74, 6) is 1.32. The molecule has 2 heteroatoms. The molecule has 1 aromatic carbocycles. The first-order chi connectivity index (χ1) is 6.76. The lowest BCUT2D eigenvalue weighted by Gasteiger charge is -2.07. The zero-order chi connectivity index (χ0) is 10.4. The van der Waals surface area contributed by atoms with Crippen LogP contribution in [0.2, 0.25) is 0 Å². The number of nitriles is 1. The maximum Gasteiger partial charge on any atom is 0.292 e. The second-order valence-corrected chi connectivity index (χ2v) is 3.55. The predicted molar refractivity (Wildman–Crippen MR) is 55.8 cm³/mol. The zero-order valence-corrected chi connectivity index (χ0v) is 8.66. The quantitative estimate of drug-likeness (QED) is 0.682. The molecular weight excluding hydrogens is 174 g/mol. The van der Waals surface area contributed by atoms with E-state index in [-0.39, 0.29) is 0 Å². The van der Waals surface area contributed by atoms with Gasteiger partial charge in [0, 0.05) is 0 Å². The average Bonchev–Trinajstić information content (AvgIpc) is 2.21. The molecule has 1 aromatic rings. The second kappa shape index (κ2) is 5.29. The van der Waals surface area contributed by atoms with Crippen LogP contribution in [0.15, 0.2) is 24.3 Å². The molecule has 0 saturated heterocycles. The number of benzene rings is 1. The van der Waals surface area contributed by atoms with E-state index in [1.54, 1.807) is 6.26 Å². The molecule has 0 spiro atoms. The summed E-state index contributed by atoms with van der Waals surface area (Å²) in [7, 11) is 0. The molecule has 2 nitrogen and oxygen atoms in total. The highest BCUT2D eigenvalue weighted by Crippen LogP contribution is 2.15. The molecule has 0 fully saturated rings. The largest absolute Gasteiger partial charge is 0.388 e. The number of hydrogen-bond donors (Lipinski definition) is 0. The van der Waals surface area contributed by atoms with Crippen molar-refractivity contribution in [2.45, 2.75) is 26.7 Å².